The van der Waals surface area contributed by atoms with E-state index in [-0.39, 0.29) is 23.1 Å². The first kappa shape index (κ1) is 23.7. The number of alkyl halides is 5. The molecule has 2 heterocycles. The average molecular weight is 468 g/mol. The smallest absolute Gasteiger partial charge is 0.417 e. The normalized spacial score (nSPS) is 11.8. The van der Waals surface area contributed by atoms with Crippen LogP contribution in [0.15, 0.2) is 48.7 Å². The zero-order valence-corrected chi connectivity index (χ0v) is 17.2. The van der Waals surface area contributed by atoms with Crippen LogP contribution in [0.2, 0.25) is 0 Å². The van der Waals surface area contributed by atoms with E-state index in [1.54, 1.807) is 6.92 Å². The van der Waals surface area contributed by atoms with Gasteiger partial charge in [-0.1, -0.05) is 6.07 Å². The minimum atomic E-state index is -4.53. The summed E-state index contributed by atoms with van der Waals surface area (Å²) in [5.74, 6) is -0.408. The van der Waals surface area contributed by atoms with Crippen LogP contribution in [0.4, 0.5) is 27.8 Å². The maximum Gasteiger partial charge on any atom is 0.417 e. The van der Waals surface area contributed by atoms with Gasteiger partial charge in [-0.05, 0) is 42.8 Å². The zero-order valence-electron chi connectivity index (χ0n) is 17.2. The van der Waals surface area contributed by atoms with Gasteiger partial charge in [0.1, 0.15) is 5.82 Å². The van der Waals surface area contributed by atoms with Gasteiger partial charge in [0.05, 0.1) is 18.4 Å². The second kappa shape index (κ2) is 9.67. The average Bonchev–Trinajstić information content (AvgIpc) is 3.12. The van der Waals surface area contributed by atoms with E-state index in [0.29, 0.717) is 17.5 Å². The van der Waals surface area contributed by atoms with Gasteiger partial charge < -0.3 is 14.8 Å². The summed E-state index contributed by atoms with van der Waals surface area (Å²) in [5, 5.41) is 6.71. The SMILES string of the molecule is COc1cc(C=CC(=O)Nc2cc(C)nn2-c2ccc(C(F)(F)F)cn2)ccc1OC(F)F. The Bertz CT molecular complexity index is 1160. The lowest BCUT2D eigenvalue weighted by atomic mass is 10.2. The topological polar surface area (TPSA) is 78.3 Å². The molecule has 12 heteroatoms. The summed E-state index contributed by atoms with van der Waals surface area (Å²) in [6, 6.07) is 7.64. The molecule has 0 saturated heterocycles. The number of amides is 1. The number of pyridine rings is 1. The molecule has 0 bridgehead atoms. The third-order valence-electron chi connectivity index (χ3n) is 4.21. The van der Waals surface area contributed by atoms with E-state index < -0.39 is 24.3 Å². The Morgan fingerprint density at radius 1 is 1.15 bits per heavy atom. The molecule has 2 aromatic heterocycles. The van der Waals surface area contributed by atoms with Crippen LogP contribution in [0.3, 0.4) is 0 Å². The van der Waals surface area contributed by atoms with Gasteiger partial charge in [0.15, 0.2) is 17.3 Å². The van der Waals surface area contributed by atoms with Crippen molar-refractivity contribution in [1.82, 2.24) is 14.8 Å². The Kier molecular flexibility index (Phi) is 6.95. The van der Waals surface area contributed by atoms with Crippen molar-refractivity contribution < 1.29 is 36.2 Å². The Balaban J connectivity index is 1.76. The molecular weight excluding hydrogens is 451 g/mol. The monoisotopic (exact) mass is 468 g/mol. The number of benzene rings is 1. The molecule has 0 fully saturated rings. The van der Waals surface area contributed by atoms with Crippen LogP contribution in [0.1, 0.15) is 16.8 Å². The number of nitrogens with zero attached hydrogens (tertiary/aromatic N) is 3. The quantitative estimate of drug-likeness (QED) is 0.396. The standard InChI is InChI=1S/C21H17F5N4O3/c1-12-9-18(30(29-12)17-7-5-14(11-27-17)21(24,25)26)28-19(31)8-4-13-3-6-15(33-20(22)23)16(10-13)32-2/h3-11,20H,1-2H3,(H,28,31). The van der Waals surface area contributed by atoms with Crippen molar-refractivity contribution in [3.63, 3.8) is 0 Å². The molecule has 3 aromatic rings. The highest BCUT2D eigenvalue weighted by Crippen LogP contribution is 2.30. The van der Waals surface area contributed by atoms with Crippen LogP contribution >= 0.6 is 0 Å². The number of hydrogen-bond acceptors (Lipinski definition) is 5. The minimum Gasteiger partial charge on any atom is -0.493 e. The Hall–Kier alpha value is -3.96. The lowest BCUT2D eigenvalue weighted by Gasteiger charge is -2.10. The summed E-state index contributed by atoms with van der Waals surface area (Å²) in [6.07, 6.45) is -1.27. The van der Waals surface area contributed by atoms with Crippen molar-refractivity contribution in [3.8, 4) is 17.3 Å². The molecule has 1 aromatic carbocycles. The first-order valence-electron chi connectivity index (χ1n) is 9.29. The van der Waals surface area contributed by atoms with Crippen molar-refractivity contribution >= 4 is 17.8 Å². The summed E-state index contributed by atoms with van der Waals surface area (Å²) < 4.78 is 73.6. The second-order valence-corrected chi connectivity index (χ2v) is 6.60. The van der Waals surface area contributed by atoms with Crippen molar-refractivity contribution in [3.05, 3.63) is 65.5 Å². The molecule has 3 rings (SSSR count). The van der Waals surface area contributed by atoms with Crippen molar-refractivity contribution in [2.75, 3.05) is 12.4 Å². The number of aryl methyl sites for hydroxylation is 1. The van der Waals surface area contributed by atoms with E-state index in [0.717, 1.165) is 12.1 Å². The minimum absolute atomic E-state index is 0.0555. The van der Waals surface area contributed by atoms with Gasteiger partial charge in [-0.15, -0.1) is 0 Å². The van der Waals surface area contributed by atoms with E-state index >= 15 is 0 Å². The number of aromatic nitrogens is 3. The van der Waals surface area contributed by atoms with Gasteiger partial charge in [0, 0.05) is 18.3 Å². The van der Waals surface area contributed by atoms with Gasteiger partial charge in [0.25, 0.3) is 0 Å². The van der Waals surface area contributed by atoms with Crippen LogP contribution in [0, 0.1) is 6.92 Å². The zero-order chi connectivity index (χ0) is 24.2. The summed E-state index contributed by atoms with van der Waals surface area (Å²) in [6.45, 7) is -1.37. The Morgan fingerprint density at radius 2 is 1.91 bits per heavy atom. The van der Waals surface area contributed by atoms with E-state index in [2.05, 4.69) is 20.1 Å². The number of hydrogen-bond donors (Lipinski definition) is 1. The summed E-state index contributed by atoms with van der Waals surface area (Å²) in [5.41, 5.74) is 0.0529. The molecule has 0 atom stereocenters. The molecule has 0 unspecified atom stereocenters. The molecule has 7 nitrogen and oxygen atoms in total. The molecular formula is C21H17F5N4O3. The van der Waals surface area contributed by atoms with Gasteiger partial charge >= 0.3 is 12.8 Å². The van der Waals surface area contributed by atoms with Crippen molar-refractivity contribution in [2.45, 2.75) is 19.7 Å². The number of methoxy groups -OCH3 is 1. The summed E-state index contributed by atoms with van der Waals surface area (Å²) in [7, 11) is 1.28. The maximum atomic E-state index is 12.8. The van der Waals surface area contributed by atoms with Crippen LogP contribution < -0.4 is 14.8 Å². The predicted octanol–water partition coefficient (Wildman–Crippen LogP) is 4.86. The van der Waals surface area contributed by atoms with Crippen molar-refractivity contribution in [1.29, 1.82) is 0 Å². The fraction of sp³-hybridized carbons (Fsp3) is 0.190. The van der Waals surface area contributed by atoms with Crippen LogP contribution in [-0.2, 0) is 11.0 Å². The number of anilines is 1. The molecule has 0 radical (unpaired) electrons. The Morgan fingerprint density at radius 3 is 2.52 bits per heavy atom. The highest BCUT2D eigenvalue weighted by molar-refractivity contribution is 6.01. The fourth-order valence-corrected chi connectivity index (χ4v) is 2.76. The number of halogens is 5. The highest BCUT2D eigenvalue weighted by Gasteiger charge is 2.30. The third kappa shape index (κ3) is 6.05. The third-order valence-corrected chi connectivity index (χ3v) is 4.21. The van der Waals surface area contributed by atoms with Gasteiger partial charge in [-0.3, -0.25) is 4.79 Å². The highest BCUT2D eigenvalue weighted by atomic mass is 19.4. The summed E-state index contributed by atoms with van der Waals surface area (Å²) >= 11 is 0. The van der Waals surface area contributed by atoms with Gasteiger partial charge in [-0.25, -0.2) is 4.98 Å². The van der Waals surface area contributed by atoms with Crippen LogP contribution in [-0.4, -0.2) is 34.4 Å². The largest absolute Gasteiger partial charge is 0.493 e. The number of carbonyl (C=O) groups is 1. The lowest BCUT2D eigenvalue weighted by Crippen LogP contribution is -2.13. The van der Waals surface area contributed by atoms with E-state index in [9.17, 15) is 26.7 Å². The molecule has 0 spiro atoms. The first-order valence-corrected chi connectivity index (χ1v) is 9.29. The molecule has 0 aliphatic heterocycles. The number of nitrogens with one attached hydrogen (secondary N) is 1. The number of carbonyl (C=O) groups excluding carboxylic acids is 1. The van der Waals surface area contributed by atoms with Gasteiger partial charge in [0.2, 0.25) is 5.91 Å². The lowest BCUT2D eigenvalue weighted by molar-refractivity contribution is -0.137. The fourth-order valence-electron chi connectivity index (χ4n) is 2.76. The van der Waals surface area contributed by atoms with Gasteiger partial charge in [-0.2, -0.15) is 31.7 Å². The predicted molar refractivity (Wildman–Crippen MR) is 108 cm³/mol. The number of ether oxygens (including phenoxy) is 2. The molecule has 174 valence electrons. The molecule has 33 heavy (non-hydrogen) atoms. The molecule has 0 saturated carbocycles. The second-order valence-electron chi connectivity index (χ2n) is 6.60. The first-order chi connectivity index (χ1) is 15.6. The molecule has 0 aliphatic rings. The van der Waals surface area contributed by atoms with Crippen LogP contribution in [0.5, 0.6) is 11.5 Å². The van der Waals surface area contributed by atoms with E-state index in [1.807, 2.05) is 0 Å². The number of rotatable bonds is 7. The Labute approximate surface area is 184 Å². The molecule has 1 amide bonds. The molecule has 0 aliphatic carbocycles. The summed E-state index contributed by atoms with van der Waals surface area (Å²) in [4.78, 5) is 16.1. The van der Waals surface area contributed by atoms with Crippen molar-refractivity contribution in [2.24, 2.45) is 0 Å². The van der Waals surface area contributed by atoms with E-state index in [4.69, 9.17) is 4.74 Å². The maximum absolute atomic E-state index is 12.8. The van der Waals surface area contributed by atoms with E-state index in [1.165, 1.54) is 48.2 Å². The molecule has 1 N–H and O–H groups in total. The van der Waals surface area contributed by atoms with Crippen LogP contribution in [0.25, 0.3) is 11.9 Å².